The average molecular weight is 466 g/mol. The zero-order valence-electron chi connectivity index (χ0n) is 16.3. The second-order valence-corrected chi connectivity index (χ2v) is 8.01. The third-order valence-corrected chi connectivity index (χ3v) is 5.43. The highest BCUT2D eigenvalue weighted by Crippen LogP contribution is 2.19. The maximum absolute atomic E-state index is 13.3. The van der Waals surface area contributed by atoms with Gasteiger partial charge in [-0.3, -0.25) is 4.79 Å². The molecule has 6 heteroatoms. The van der Waals surface area contributed by atoms with Crippen molar-refractivity contribution in [3.05, 3.63) is 100 Å². The van der Waals surface area contributed by atoms with E-state index in [0.717, 1.165) is 39.7 Å². The van der Waals surface area contributed by atoms with E-state index in [1.54, 1.807) is 24.3 Å². The third-order valence-electron chi connectivity index (χ3n) is 4.94. The smallest absolute Gasteiger partial charge is 0.251 e. The van der Waals surface area contributed by atoms with Crippen LogP contribution in [0.1, 0.15) is 28.2 Å². The Morgan fingerprint density at radius 1 is 1.03 bits per heavy atom. The maximum Gasteiger partial charge on any atom is 0.251 e. The van der Waals surface area contributed by atoms with E-state index in [9.17, 15) is 9.18 Å². The molecule has 1 amide bonds. The quantitative estimate of drug-likeness (QED) is 0.374. The summed E-state index contributed by atoms with van der Waals surface area (Å²) in [4.78, 5) is 17.1. The predicted octanol–water partition coefficient (Wildman–Crippen LogP) is 5.35. The van der Waals surface area contributed by atoms with Crippen molar-refractivity contribution < 1.29 is 9.18 Å². The summed E-state index contributed by atoms with van der Waals surface area (Å²) in [5.41, 5.74) is 3.64. The molecule has 0 spiro atoms. The molecule has 0 bridgehead atoms. The van der Waals surface area contributed by atoms with Crippen LogP contribution < -0.4 is 5.32 Å². The molecule has 30 heavy (non-hydrogen) atoms. The molecule has 0 radical (unpaired) electrons. The van der Waals surface area contributed by atoms with Crippen molar-refractivity contribution in [3.63, 3.8) is 0 Å². The summed E-state index contributed by atoms with van der Waals surface area (Å²) in [6.07, 6.45) is 1.50. The number of halogens is 2. The van der Waals surface area contributed by atoms with E-state index in [4.69, 9.17) is 4.98 Å². The minimum Gasteiger partial charge on any atom is -0.352 e. The Balaban J connectivity index is 1.44. The first kappa shape index (κ1) is 20.3. The van der Waals surface area contributed by atoms with Crippen LogP contribution in [-0.2, 0) is 13.0 Å². The Morgan fingerprint density at radius 2 is 1.83 bits per heavy atom. The van der Waals surface area contributed by atoms with Gasteiger partial charge in [0.1, 0.15) is 11.6 Å². The maximum atomic E-state index is 13.3. The lowest BCUT2D eigenvalue weighted by molar-refractivity contribution is 0.0953. The first-order valence-corrected chi connectivity index (χ1v) is 10.6. The first-order chi connectivity index (χ1) is 14.6. The minimum absolute atomic E-state index is 0.0869. The molecule has 0 saturated heterocycles. The molecule has 0 unspecified atom stereocenters. The van der Waals surface area contributed by atoms with E-state index >= 15 is 0 Å². The molecule has 152 valence electrons. The molecule has 0 fully saturated rings. The molecule has 0 aliphatic rings. The van der Waals surface area contributed by atoms with Crippen LogP contribution in [0.25, 0.3) is 11.0 Å². The van der Waals surface area contributed by atoms with Crippen molar-refractivity contribution in [1.29, 1.82) is 0 Å². The summed E-state index contributed by atoms with van der Waals surface area (Å²) in [6, 6.07) is 21.9. The third kappa shape index (κ3) is 4.76. The fourth-order valence-electron chi connectivity index (χ4n) is 3.45. The monoisotopic (exact) mass is 465 g/mol. The number of aryl methyl sites for hydroxylation is 1. The molecule has 4 aromatic rings. The van der Waals surface area contributed by atoms with Crippen molar-refractivity contribution in [2.45, 2.75) is 19.4 Å². The van der Waals surface area contributed by atoms with Gasteiger partial charge in [0.2, 0.25) is 0 Å². The number of nitrogens with zero attached hydrogens (tertiary/aromatic N) is 2. The largest absolute Gasteiger partial charge is 0.352 e. The van der Waals surface area contributed by atoms with Gasteiger partial charge in [-0.1, -0.05) is 46.3 Å². The Hall–Kier alpha value is -2.99. The summed E-state index contributed by atoms with van der Waals surface area (Å²) in [7, 11) is 0. The molecular formula is C24H21BrFN3O. The molecule has 1 aromatic heterocycles. The zero-order chi connectivity index (χ0) is 20.9. The summed E-state index contributed by atoms with van der Waals surface area (Å²) in [6.45, 7) is 1.19. The number of benzene rings is 3. The summed E-state index contributed by atoms with van der Waals surface area (Å²) in [5.74, 6) is 0.629. The fourth-order valence-corrected chi connectivity index (χ4v) is 3.84. The summed E-state index contributed by atoms with van der Waals surface area (Å²) < 4.78 is 16.3. The highest BCUT2D eigenvalue weighted by atomic mass is 79.9. The number of carbonyl (C=O) groups excluding carboxylic acids is 1. The van der Waals surface area contributed by atoms with E-state index in [-0.39, 0.29) is 11.7 Å². The lowest BCUT2D eigenvalue weighted by Crippen LogP contribution is -2.25. The van der Waals surface area contributed by atoms with Crippen molar-refractivity contribution >= 4 is 32.9 Å². The van der Waals surface area contributed by atoms with E-state index in [1.165, 1.54) is 12.1 Å². The Labute approximate surface area is 182 Å². The molecular weight excluding hydrogens is 445 g/mol. The number of carbonyl (C=O) groups is 1. The minimum atomic E-state index is -0.240. The molecule has 1 heterocycles. The van der Waals surface area contributed by atoms with Gasteiger partial charge in [0, 0.05) is 29.5 Å². The molecule has 3 aromatic carbocycles. The Morgan fingerprint density at radius 3 is 2.63 bits per heavy atom. The number of hydrogen-bond donors (Lipinski definition) is 1. The van der Waals surface area contributed by atoms with Crippen molar-refractivity contribution in [2.24, 2.45) is 0 Å². The van der Waals surface area contributed by atoms with E-state index in [1.807, 2.05) is 36.4 Å². The summed E-state index contributed by atoms with van der Waals surface area (Å²) in [5, 5.41) is 2.97. The highest BCUT2D eigenvalue weighted by Gasteiger charge is 2.11. The number of fused-ring (bicyclic) bond motifs is 1. The van der Waals surface area contributed by atoms with Crippen molar-refractivity contribution in [2.75, 3.05) is 6.54 Å². The Bertz CT molecular complexity index is 1170. The number of para-hydroxylation sites is 2. The molecule has 0 aliphatic heterocycles. The fraction of sp³-hybridized carbons (Fsp3) is 0.167. The van der Waals surface area contributed by atoms with Crippen LogP contribution in [0.3, 0.4) is 0 Å². The number of amides is 1. The van der Waals surface area contributed by atoms with Gasteiger partial charge in [-0.15, -0.1) is 0 Å². The van der Waals surface area contributed by atoms with Gasteiger partial charge in [-0.25, -0.2) is 9.37 Å². The molecule has 1 N–H and O–H groups in total. The molecule has 0 saturated carbocycles. The number of nitrogens with one attached hydrogen (secondary N) is 1. The van der Waals surface area contributed by atoms with Crippen molar-refractivity contribution in [3.8, 4) is 0 Å². The summed E-state index contributed by atoms with van der Waals surface area (Å²) >= 11 is 3.39. The second kappa shape index (κ2) is 9.22. The average Bonchev–Trinajstić information content (AvgIpc) is 3.10. The van der Waals surface area contributed by atoms with Crippen LogP contribution in [0.15, 0.2) is 77.3 Å². The highest BCUT2D eigenvalue weighted by molar-refractivity contribution is 9.10. The van der Waals surface area contributed by atoms with Crippen LogP contribution in [0.5, 0.6) is 0 Å². The number of aromatic nitrogens is 2. The van der Waals surface area contributed by atoms with Gasteiger partial charge < -0.3 is 9.88 Å². The SMILES string of the molecule is O=C(NCCCc1nc2ccccc2n1Cc1ccc(F)cc1)c1cccc(Br)c1. The van der Waals surface area contributed by atoms with Crippen molar-refractivity contribution in [1.82, 2.24) is 14.9 Å². The van der Waals surface area contributed by atoms with Gasteiger partial charge in [0.25, 0.3) is 5.91 Å². The van der Waals surface area contributed by atoms with Crippen LogP contribution in [0.2, 0.25) is 0 Å². The molecule has 0 aliphatic carbocycles. The number of rotatable bonds is 7. The van der Waals surface area contributed by atoms with Gasteiger partial charge >= 0.3 is 0 Å². The molecule has 4 nitrogen and oxygen atoms in total. The van der Waals surface area contributed by atoms with E-state index in [0.29, 0.717) is 18.7 Å². The normalized spacial score (nSPS) is 11.0. The van der Waals surface area contributed by atoms with Crippen LogP contribution in [-0.4, -0.2) is 22.0 Å². The Kier molecular flexibility index (Phi) is 6.23. The zero-order valence-corrected chi connectivity index (χ0v) is 17.9. The molecule has 0 atom stereocenters. The van der Waals surface area contributed by atoms with Gasteiger partial charge in [-0.05, 0) is 54.4 Å². The van der Waals surface area contributed by atoms with E-state index in [2.05, 4.69) is 25.8 Å². The second-order valence-electron chi connectivity index (χ2n) is 7.10. The topological polar surface area (TPSA) is 46.9 Å². The number of hydrogen-bond acceptors (Lipinski definition) is 2. The number of imidazole rings is 1. The van der Waals surface area contributed by atoms with Gasteiger partial charge in [-0.2, -0.15) is 0 Å². The van der Waals surface area contributed by atoms with Gasteiger partial charge in [0.05, 0.1) is 11.0 Å². The van der Waals surface area contributed by atoms with Gasteiger partial charge in [0.15, 0.2) is 0 Å². The molecule has 4 rings (SSSR count). The standard InChI is InChI=1S/C24H21BrFN3O/c25-19-6-3-5-18(15-19)24(30)27-14-4-9-23-28-21-7-1-2-8-22(21)29(23)16-17-10-12-20(26)13-11-17/h1-3,5-8,10-13,15H,4,9,14,16H2,(H,27,30). The lowest BCUT2D eigenvalue weighted by Gasteiger charge is -2.10. The first-order valence-electron chi connectivity index (χ1n) is 9.82. The van der Waals surface area contributed by atoms with Crippen LogP contribution in [0, 0.1) is 5.82 Å². The predicted molar refractivity (Wildman–Crippen MR) is 120 cm³/mol. The van der Waals surface area contributed by atoms with E-state index < -0.39 is 0 Å². The lowest BCUT2D eigenvalue weighted by atomic mass is 10.2. The van der Waals surface area contributed by atoms with Crippen LogP contribution in [0.4, 0.5) is 4.39 Å². The van der Waals surface area contributed by atoms with Crippen LogP contribution >= 0.6 is 15.9 Å².